The van der Waals surface area contributed by atoms with Gasteiger partial charge in [0.15, 0.2) is 0 Å². The first-order chi connectivity index (χ1) is 7.60. The molecule has 0 saturated carbocycles. The van der Waals surface area contributed by atoms with Crippen LogP contribution in [-0.2, 0) is 0 Å². The number of aromatic nitrogens is 2. The highest BCUT2D eigenvalue weighted by molar-refractivity contribution is 7.18. The molecule has 1 unspecified atom stereocenters. The minimum Gasteiger partial charge on any atom is -0.474 e. The number of thiophene rings is 1. The van der Waals surface area contributed by atoms with E-state index in [4.69, 9.17) is 16.3 Å². The highest BCUT2D eigenvalue weighted by atomic mass is 35.5. The van der Waals surface area contributed by atoms with Gasteiger partial charge in [0.05, 0.1) is 11.5 Å². The van der Waals surface area contributed by atoms with E-state index < -0.39 is 0 Å². The van der Waals surface area contributed by atoms with Gasteiger partial charge in [-0.05, 0) is 37.9 Å². The first-order valence-corrected chi connectivity index (χ1v) is 6.40. The molecule has 3 nitrogen and oxygen atoms in total. The van der Waals surface area contributed by atoms with Crippen LogP contribution in [0.4, 0.5) is 0 Å². The Morgan fingerprint density at radius 1 is 1.50 bits per heavy atom. The van der Waals surface area contributed by atoms with E-state index in [1.165, 1.54) is 4.88 Å². The number of hydrogen-bond donors (Lipinski definition) is 0. The highest BCUT2D eigenvalue weighted by Gasteiger charge is 2.12. The molecular weight excluding hydrogens is 244 g/mol. The molecule has 16 heavy (non-hydrogen) atoms. The van der Waals surface area contributed by atoms with Gasteiger partial charge in [0.2, 0.25) is 11.2 Å². The molecule has 0 N–H and O–H groups in total. The van der Waals surface area contributed by atoms with Crippen LogP contribution >= 0.6 is 22.9 Å². The van der Waals surface area contributed by atoms with Crippen molar-refractivity contribution in [2.75, 3.05) is 0 Å². The van der Waals surface area contributed by atoms with Crippen molar-refractivity contribution < 1.29 is 4.74 Å². The maximum absolute atomic E-state index is 5.86. The molecular formula is C11H13ClN2OS. The standard InChI is InChI=1S/C11H13ClN2OS/c1-4-6(2)15-9-8-5-7(3)16-10(8)14-11(12)13-9/h5-6H,4H2,1-3H3. The smallest absolute Gasteiger partial charge is 0.227 e. The van der Waals surface area contributed by atoms with Gasteiger partial charge in [-0.25, -0.2) is 4.98 Å². The van der Waals surface area contributed by atoms with Gasteiger partial charge in [-0.2, -0.15) is 4.98 Å². The molecule has 0 aliphatic heterocycles. The van der Waals surface area contributed by atoms with Crippen LogP contribution < -0.4 is 4.74 Å². The van der Waals surface area contributed by atoms with Gasteiger partial charge in [-0.3, -0.25) is 0 Å². The van der Waals surface area contributed by atoms with Gasteiger partial charge in [0.1, 0.15) is 4.83 Å². The number of rotatable bonds is 3. The summed E-state index contributed by atoms with van der Waals surface area (Å²) in [5.41, 5.74) is 0. The van der Waals surface area contributed by atoms with Crippen molar-refractivity contribution >= 4 is 33.2 Å². The fraction of sp³-hybridized carbons (Fsp3) is 0.455. The average Bonchev–Trinajstić information content (AvgIpc) is 2.58. The van der Waals surface area contributed by atoms with Crippen LogP contribution in [0.1, 0.15) is 25.1 Å². The first-order valence-electron chi connectivity index (χ1n) is 5.20. The molecule has 0 spiro atoms. The van der Waals surface area contributed by atoms with E-state index in [0.29, 0.717) is 5.88 Å². The summed E-state index contributed by atoms with van der Waals surface area (Å²) in [6.07, 6.45) is 1.07. The third-order valence-corrected chi connectivity index (χ3v) is 3.45. The van der Waals surface area contributed by atoms with Crippen molar-refractivity contribution in [3.63, 3.8) is 0 Å². The average molecular weight is 257 g/mol. The van der Waals surface area contributed by atoms with Crippen LogP contribution in [0.5, 0.6) is 5.88 Å². The van der Waals surface area contributed by atoms with Crippen LogP contribution in [0.3, 0.4) is 0 Å². The quantitative estimate of drug-likeness (QED) is 0.783. The summed E-state index contributed by atoms with van der Waals surface area (Å²) in [7, 11) is 0. The third kappa shape index (κ3) is 2.28. The fourth-order valence-corrected chi connectivity index (χ4v) is 2.44. The summed E-state index contributed by atoms with van der Waals surface area (Å²) in [6.45, 7) is 6.12. The normalized spacial score (nSPS) is 13.0. The first kappa shape index (κ1) is 11.6. The molecule has 86 valence electrons. The highest BCUT2D eigenvalue weighted by Crippen LogP contribution is 2.31. The van der Waals surface area contributed by atoms with E-state index in [-0.39, 0.29) is 11.4 Å². The molecule has 2 heterocycles. The summed E-state index contributed by atoms with van der Waals surface area (Å²) < 4.78 is 5.74. The maximum atomic E-state index is 5.86. The summed E-state index contributed by atoms with van der Waals surface area (Å²) in [4.78, 5) is 10.4. The van der Waals surface area contributed by atoms with Crippen molar-refractivity contribution in [3.05, 3.63) is 16.2 Å². The SMILES string of the molecule is CCC(C)Oc1nc(Cl)nc2sc(C)cc12. The van der Waals surface area contributed by atoms with Crippen LogP contribution in [0.2, 0.25) is 5.28 Å². The lowest BCUT2D eigenvalue weighted by molar-refractivity contribution is 0.211. The van der Waals surface area contributed by atoms with Crippen molar-refractivity contribution in [3.8, 4) is 5.88 Å². The van der Waals surface area contributed by atoms with Gasteiger partial charge < -0.3 is 4.74 Å². The molecule has 2 aromatic rings. The predicted octanol–water partition coefficient (Wildman–Crippen LogP) is 3.83. The van der Waals surface area contributed by atoms with E-state index >= 15 is 0 Å². The van der Waals surface area contributed by atoms with E-state index in [1.54, 1.807) is 11.3 Å². The second-order valence-corrected chi connectivity index (χ2v) is 5.28. The topological polar surface area (TPSA) is 35.0 Å². The van der Waals surface area contributed by atoms with Gasteiger partial charge >= 0.3 is 0 Å². The summed E-state index contributed by atoms with van der Waals surface area (Å²) >= 11 is 7.46. The summed E-state index contributed by atoms with van der Waals surface area (Å²) in [6, 6.07) is 2.04. The van der Waals surface area contributed by atoms with Crippen molar-refractivity contribution in [1.82, 2.24) is 9.97 Å². The third-order valence-electron chi connectivity index (χ3n) is 2.34. The Morgan fingerprint density at radius 2 is 2.25 bits per heavy atom. The fourth-order valence-electron chi connectivity index (χ4n) is 1.35. The van der Waals surface area contributed by atoms with Gasteiger partial charge in [-0.1, -0.05) is 6.92 Å². The molecule has 0 aromatic carbocycles. The molecule has 0 aliphatic rings. The number of nitrogens with zero attached hydrogens (tertiary/aromatic N) is 2. The molecule has 5 heteroatoms. The molecule has 0 aliphatic carbocycles. The molecule has 0 amide bonds. The predicted molar refractivity (Wildman–Crippen MR) is 67.5 cm³/mol. The Bertz CT molecular complexity index is 512. The van der Waals surface area contributed by atoms with E-state index in [2.05, 4.69) is 16.9 Å². The largest absolute Gasteiger partial charge is 0.474 e. The van der Waals surface area contributed by atoms with Crippen molar-refractivity contribution in [1.29, 1.82) is 0 Å². The molecule has 0 bridgehead atoms. The lowest BCUT2D eigenvalue weighted by Gasteiger charge is -2.11. The van der Waals surface area contributed by atoms with E-state index in [9.17, 15) is 0 Å². The zero-order valence-corrected chi connectivity index (χ0v) is 11.0. The molecule has 0 radical (unpaired) electrons. The Balaban J connectivity index is 2.49. The zero-order chi connectivity index (χ0) is 11.7. The van der Waals surface area contributed by atoms with Gasteiger partial charge in [0, 0.05) is 4.88 Å². The minimum atomic E-state index is 0.134. The summed E-state index contributed by atoms with van der Waals surface area (Å²) in [5, 5.41) is 1.19. The second-order valence-electron chi connectivity index (χ2n) is 3.71. The van der Waals surface area contributed by atoms with Crippen LogP contribution in [0.15, 0.2) is 6.07 Å². The second kappa shape index (κ2) is 4.55. The van der Waals surface area contributed by atoms with Gasteiger partial charge in [0.25, 0.3) is 0 Å². The Labute approximate surface area is 103 Å². The zero-order valence-electron chi connectivity index (χ0n) is 9.45. The Morgan fingerprint density at radius 3 is 2.94 bits per heavy atom. The van der Waals surface area contributed by atoms with Gasteiger partial charge in [-0.15, -0.1) is 11.3 Å². The molecule has 0 saturated heterocycles. The van der Waals surface area contributed by atoms with Crippen molar-refractivity contribution in [2.24, 2.45) is 0 Å². The number of ether oxygens (including phenoxy) is 1. The number of aryl methyl sites for hydroxylation is 1. The molecule has 0 fully saturated rings. The molecule has 2 aromatic heterocycles. The lowest BCUT2D eigenvalue weighted by Crippen LogP contribution is -2.11. The Hall–Kier alpha value is -0.870. The number of halogens is 1. The molecule has 2 rings (SSSR count). The van der Waals surface area contributed by atoms with E-state index in [0.717, 1.165) is 16.6 Å². The van der Waals surface area contributed by atoms with Crippen molar-refractivity contribution in [2.45, 2.75) is 33.3 Å². The minimum absolute atomic E-state index is 0.134. The Kier molecular flexibility index (Phi) is 3.30. The monoisotopic (exact) mass is 256 g/mol. The number of fused-ring (bicyclic) bond motifs is 1. The molecule has 1 atom stereocenters. The maximum Gasteiger partial charge on any atom is 0.227 e. The van der Waals surface area contributed by atoms with E-state index in [1.807, 2.05) is 19.9 Å². The van der Waals surface area contributed by atoms with Crippen LogP contribution in [0, 0.1) is 6.92 Å². The van der Waals surface area contributed by atoms with Crippen LogP contribution in [0.25, 0.3) is 10.2 Å². The number of hydrogen-bond acceptors (Lipinski definition) is 4. The van der Waals surface area contributed by atoms with Crippen LogP contribution in [-0.4, -0.2) is 16.1 Å². The lowest BCUT2D eigenvalue weighted by atomic mass is 10.3. The summed E-state index contributed by atoms with van der Waals surface area (Å²) in [5.74, 6) is 0.591.